The highest BCUT2D eigenvalue weighted by Gasteiger charge is 2.25. The Morgan fingerprint density at radius 2 is 1.78 bits per heavy atom. The minimum absolute atomic E-state index is 0.101. The Hall–Kier alpha value is -2.22. The molecule has 8 heteroatoms. The van der Waals surface area contributed by atoms with E-state index in [0.717, 1.165) is 12.1 Å². The predicted octanol–water partition coefficient (Wildman–Crippen LogP) is 2.77. The van der Waals surface area contributed by atoms with Gasteiger partial charge in [0.25, 0.3) is 0 Å². The number of carbonyl (C=O) groups is 2. The zero-order chi connectivity index (χ0) is 20.8. The number of nitrogens with zero attached hydrogens (tertiary/aromatic N) is 2. The summed E-state index contributed by atoms with van der Waals surface area (Å²) in [5.74, 6) is -2.25. The first kappa shape index (κ1) is 22.8. The Morgan fingerprint density at radius 1 is 1.15 bits per heavy atom. The molecule has 0 aliphatic rings. The standard InChI is InChI=1S/C19H29F2N3O3/c1-13(22-18(26)27-19(2,3)4)17(25)24(10-9-23(5)6)12-14-7-8-15(20)16(21)11-14/h7-8,11,13H,9-10,12H2,1-6H3,(H,22,26)/t13-/m1/s1. The van der Waals surface area contributed by atoms with Gasteiger partial charge in [-0.05, 0) is 59.5 Å². The van der Waals surface area contributed by atoms with Crippen LogP contribution in [0.5, 0.6) is 0 Å². The number of likely N-dealkylation sites (N-methyl/N-ethyl adjacent to an activating group) is 1. The van der Waals surface area contributed by atoms with Crippen LogP contribution in [0.1, 0.15) is 33.3 Å². The lowest BCUT2D eigenvalue weighted by atomic mass is 10.1. The van der Waals surface area contributed by atoms with E-state index in [2.05, 4.69) is 5.32 Å². The van der Waals surface area contributed by atoms with Crippen LogP contribution in [0.15, 0.2) is 18.2 Å². The molecule has 6 nitrogen and oxygen atoms in total. The van der Waals surface area contributed by atoms with E-state index in [1.165, 1.54) is 11.0 Å². The molecule has 0 radical (unpaired) electrons. The maximum atomic E-state index is 13.5. The molecule has 0 fully saturated rings. The Morgan fingerprint density at radius 3 is 2.30 bits per heavy atom. The largest absolute Gasteiger partial charge is 0.444 e. The van der Waals surface area contributed by atoms with Gasteiger partial charge in [-0.25, -0.2) is 13.6 Å². The van der Waals surface area contributed by atoms with Crippen LogP contribution >= 0.6 is 0 Å². The molecule has 1 aromatic rings. The molecule has 2 amide bonds. The van der Waals surface area contributed by atoms with Crippen molar-refractivity contribution in [1.82, 2.24) is 15.1 Å². The molecule has 0 aliphatic carbocycles. The number of carbonyl (C=O) groups excluding carboxylic acids is 2. The number of benzene rings is 1. The van der Waals surface area contributed by atoms with Crippen molar-refractivity contribution >= 4 is 12.0 Å². The van der Waals surface area contributed by atoms with Crippen LogP contribution in [-0.2, 0) is 16.1 Å². The molecule has 1 aromatic carbocycles. The number of ether oxygens (including phenoxy) is 1. The van der Waals surface area contributed by atoms with Crippen molar-refractivity contribution in [2.24, 2.45) is 0 Å². The van der Waals surface area contributed by atoms with Crippen LogP contribution in [0.4, 0.5) is 13.6 Å². The van der Waals surface area contributed by atoms with Gasteiger partial charge >= 0.3 is 6.09 Å². The number of amides is 2. The van der Waals surface area contributed by atoms with E-state index in [0.29, 0.717) is 18.7 Å². The number of alkyl carbamates (subject to hydrolysis) is 1. The van der Waals surface area contributed by atoms with Gasteiger partial charge in [0.15, 0.2) is 11.6 Å². The van der Waals surface area contributed by atoms with Gasteiger partial charge in [0.1, 0.15) is 11.6 Å². The van der Waals surface area contributed by atoms with E-state index in [-0.39, 0.29) is 12.5 Å². The quantitative estimate of drug-likeness (QED) is 0.784. The second-order valence-corrected chi connectivity index (χ2v) is 7.68. The first-order valence-corrected chi connectivity index (χ1v) is 8.76. The summed E-state index contributed by atoms with van der Waals surface area (Å²) >= 11 is 0. The van der Waals surface area contributed by atoms with E-state index in [1.807, 2.05) is 19.0 Å². The zero-order valence-electron chi connectivity index (χ0n) is 16.8. The van der Waals surface area contributed by atoms with Gasteiger partial charge in [-0.3, -0.25) is 4.79 Å². The van der Waals surface area contributed by atoms with Crippen molar-refractivity contribution in [2.45, 2.75) is 45.9 Å². The molecular weight excluding hydrogens is 356 g/mol. The second kappa shape index (κ2) is 9.64. The SMILES string of the molecule is C[C@@H](NC(=O)OC(C)(C)C)C(=O)N(CCN(C)C)Cc1ccc(F)c(F)c1. The Balaban J connectivity index is 2.85. The summed E-state index contributed by atoms with van der Waals surface area (Å²) in [5, 5.41) is 2.51. The first-order chi connectivity index (χ1) is 12.4. The molecule has 0 heterocycles. The third-order valence-corrected chi connectivity index (χ3v) is 3.59. The van der Waals surface area contributed by atoms with Gasteiger partial charge in [0, 0.05) is 19.6 Å². The van der Waals surface area contributed by atoms with E-state index < -0.39 is 29.4 Å². The lowest BCUT2D eigenvalue weighted by Gasteiger charge is -2.28. The lowest BCUT2D eigenvalue weighted by molar-refractivity contribution is -0.133. The summed E-state index contributed by atoms with van der Waals surface area (Å²) in [5.41, 5.74) is -0.214. The van der Waals surface area contributed by atoms with Gasteiger partial charge in [-0.15, -0.1) is 0 Å². The topological polar surface area (TPSA) is 61.9 Å². The predicted molar refractivity (Wildman–Crippen MR) is 99.2 cm³/mol. The Bertz CT molecular complexity index is 660. The maximum Gasteiger partial charge on any atom is 0.408 e. The minimum Gasteiger partial charge on any atom is -0.444 e. The molecule has 0 bridgehead atoms. The molecule has 152 valence electrons. The summed E-state index contributed by atoms with van der Waals surface area (Å²) in [6, 6.07) is 2.70. The fourth-order valence-electron chi connectivity index (χ4n) is 2.27. The number of hydrogen-bond donors (Lipinski definition) is 1. The van der Waals surface area contributed by atoms with Crippen molar-refractivity contribution < 1.29 is 23.1 Å². The van der Waals surface area contributed by atoms with Crippen molar-refractivity contribution in [3.63, 3.8) is 0 Å². The molecule has 27 heavy (non-hydrogen) atoms. The average Bonchev–Trinajstić information content (AvgIpc) is 2.51. The van der Waals surface area contributed by atoms with Crippen molar-refractivity contribution in [3.8, 4) is 0 Å². The van der Waals surface area contributed by atoms with E-state index in [9.17, 15) is 18.4 Å². The third-order valence-electron chi connectivity index (χ3n) is 3.59. The zero-order valence-corrected chi connectivity index (χ0v) is 16.8. The molecule has 0 aliphatic heterocycles. The van der Waals surface area contributed by atoms with Gasteiger partial charge in [0.05, 0.1) is 0 Å². The average molecular weight is 385 g/mol. The van der Waals surface area contributed by atoms with Gasteiger partial charge < -0.3 is 19.9 Å². The van der Waals surface area contributed by atoms with Crippen LogP contribution in [0, 0.1) is 11.6 Å². The summed E-state index contributed by atoms with van der Waals surface area (Å²) in [6.07, 6.45) is -0.691. The molecular formula is C19H29F2N3O3. The van der Waals surface area contributed by atoms with Gasteiger partial charge in [0.2, 0.25) is 5.91 Å². The van der Waals surface area contributed by atoms with Crippen LogP contribution in [0.25, 0.3) is 0 Å². The summed E-state index contributed by atoms with van der Waals surface area (Å²) < 4.78 is 31.8. The molecule has 0 unspecified atom stereocenters. The number of nitrogens with one attached hydrogen (secondary N) is 1. The monoisotopic (exact) mass is 385 g/mol. The molecule has 1 N–H and O–H groups in total. The Labute approximate surface area is 159 Å². The van der Waals surface area contributed by atoms with E-state index in [1.54, 1.807) is 27.7 Å². The van der Waals surface area contributed by atoms with Crippen LogP contribution in [0.2, 0.25) is 0 Å². The first-order valence-electron chi connectivity index (χ1n) is 8.76. The molecule has 1 rings (SSSR count). The van der Waals surface area contributed by atoms with Gasteiger partial charge in [-0.2, -0.15) is 0 Å². The van der Waals surface area contributed by atoms with E-state index in [4.69, 9.17) is 4.74 Å². The molecule has 1 atom stereocenters. The van der Waals surface area contributed by atoms with Crippen LogP contribution in [0.3, 0.4) is 0 Å². The Kier molecular flexibility index (Phi) is 8.15. The highest BCUT2D eigenvalue weighted by molar-refractivity contribution is 5.85. The number of halogens is 2. The fourth-order valence-corrected chi connectivity index (χ4v) is 2.27. The van der Waals surface area contributed by atoms with Crippen LogP contribution < -0.4 is 5.32 Å². The minimum atomic E-state index is -0.965. The summed E-state index contributed by atoms with van der Waals surface area (Å²) in [4.78, 5) is 28.1. The van der Waals surface area contributed by atoms with Crippen molar-refractivity contribution in [2.75, 3.05) is 27.2 Å². The summed E-state index contributed by atoms with van der Waals surface area (Å²) in [6.45, 7) is 7.78. The van der Waals surface area contributed by atoms with E-state index >= 15 is 0 Å². The normalized spacial score (nSPS) is 12.6. The molecule has 0 aromatic heterocycles. The summed E-state index contributed by atoms with van der Waals surface area (Å²) in [7, 11) is 3.73. The highest BCUT2D eigenvalue weighted by Crippen LogP contribution is 2.12. The maximum absolute atomic E-state index is 13.5. The molecule has 0 spiro atoms. The number of hydrogen-bond acceptors (Lipinski definition) is 4. The highest BCUT2D eigenvalue weighted by atomic mass is 19.2. The second-order valence-electron chi connectivity index (χ2n) is 7.68. The fraction of sp³-hybridized carbons (Fsp3) is 0.579. The van der Waals surface area contributed by atoms with Crippen molar-refractivity contribution in [3.05, 3.63) is 35.4 Å². The molecule has 0 saturated carbocycles. The third kappa shape index (κ3) is 8.34. The molecule has 0 saturated heterocycles. The lowest BCUT2D eigenvalue weighted by Crippen LogP contribution is -2.49. The smallest absolute Gasteiger partial charge is 0.408 e. The number of rotatable bonds is 7. The van der Waals surface area contributed by atoms with Crippen LogP contribution in [-0.4, -0.2) is 60.6 Å². The van der Waals surface area contributed by atoms with Gasteiger partial charge in [-0.1, -0.05) is 6.07 Å². The van der Waals surface area contributed by atoms with Crippen molar-refractivity contribution in [1.29, 1.82) is 0 Å².